The molecule has 2 saturated heterocycles. The zero-order chi connectivity index (χ0) is 51.8. The number of hydrogen-bond acceptors (Lipinski definition) is 14. The molecule has 2 fully saturated rings. The summed E-state index contributed by atoms with van der Waals surface area (Å²) in [5.41, 5.74) is 4.61. The van der Waals surface area contributed by atoms with Crippen LogP contribution >= 0.6 is 0 Å². The van der Waals surface area contributed by atoms with Gasteiger partial charge in [-0.1, -0.05) is 38.1 Å². The van der Waals surface area contributed by atoms with Crippen LogP contribution in [0.15, 0.2) is 85.0 Å². The molecule has 0 aliphatic carbocycles. The van der Waals surface area contributed by atoms with Crippen LogP contribution in [0, 0.1) is 0 Å². The number of para-hydroxylation sites is 4. The maximum atomic E-state index is 9.55. The Morgan fingerprint density at radius 1 is 0.457 bits per heavy atom. The maximum Gasteiger partial charge on any atom is 0.328 e. The molecule has 0 unspecified atom stereocenters. The van der Waals surface area contributed by atoms with E-state index in [1.165, 1.54) is 11.0 Å². The molecule has 0 spiro atoms. The van der Waals surface area contributed by atoms with Gasteiger partial charge in [0, 0.05) is 115 Å². The number of aliphatic carboxylic acids is 6. The van der Waals surface area contributed by atoms with Crippen molar-refractivity contribution in [2.45, 2.75) is 53.9 Å². The molecule has 4 heterocycles. The van der Waals surface area contributed by atoms with Gasteiger partial charge in [0.2, 0.25) is 0 Å². The first-order valence-electron chi connectivity index (χ1n) is 22.9. The van der Waals surface area contributed by atoms with Gasteiger partial charge in [0.25, 0.3) is 0 Å². The molecule has 2 aromatic carbocycles. The average molecular weight is 981 g/mol. The van der Waals surface area contributed by atoms with Crippen LogP contribution in [0.2, 0.25) is 0 Å². The molecular formula is C48H68N8O14. The van der Waals surface area contributed by atoms with Gasteiger partial charge in [-0.3, -0.25) is 9.80 Å². The molecule has 70 heavy (non-hydrogen) atoms. The Hall–Kier alpha value is -6.82. The standard InChI is InChI=1S/2C18H28N4O.3C4H4O4/c2*1-3-20-9-11-21(12-10-20)15-18-19-16-7-5-6-8-17(16)22(18)13-14-23-4-2;3*5-3(6)1-2-4(7)8/h2*5-8H,3-4,9-15H2,1-2H3;3*1-2H,(H,5,6)(H,7,8)/b;;3*2-1+. The van der Waals surface area contributed by atoms with Crippen molar-refractivity contribution in [2.75, 3.05) is 91.9 Å². The second-order valence-corrected chi connectivity index (χ2v) is 15.2. The highest BCUT2D eigenvalue weighted by atomic mass is 16.5. The lowest BCUT2D eigenvalue weighted by Crippen LogP contribution is -2.45. The van der Waals surface area contributed by atoms with Crippen LogP contribution in [0.1, 0.15) is 39.3 Å². The number of nitrogens with zero attached hydrogens (tertiary/aromatic N) is 8. The summed E-state index contributed by atoms with van der Waals surface area (Å²) in [4.78, 5) is 77.1. The molecule has 4 aromatic rings. The third kappa shape index (κ3) is 24.0. The molecule has 2 aliphatic rings. The number of rotatable bonds is 20. The van der Waals surface area contributed by atoms with E-state index in [1.807, 2.05) is 13.8 Å². The number of ether oxygens (including phenoxy) is 2. The predicted molar refractivity (Wildman–Crippen MR) is 260 cm³/mol. The molecule has 2 aliphatic heterocycles. The van der Waals surface area contributed by atoms with Crippen molar-refractivity contribution in [1.29, 1.82) is 0 Å². The van der Waals surface area contributed by atoms with E-state index < -0.39 is 35.8 Å². The van der Waals surface area contributed by atoms with Crippen LogP contribution in [0.25, 0.3) is 22.1 Å². The highest BCUT2D eigenvalue weighted by molar-refractivity contribution is 5.90. The van der Waals surface area contributed by atoms with Gasteiger partial charge in [0.05, 0.1) is 48.4 Å². The number of carboxylic acid groups (broad SMARTS) is 6. The van der Waals surface area contributed by atoms with Gasteiger partial charge in [-0.25, -0.2) is 38.7 Å². The number of likely N-dealkylation sites (N-methyl/N-ethyl adjacent to an activating group) is 2. The lowest BCUT2D eigenvalue weighted by Gasteiger charge is -2.33. The van der Waals surface area contributed by atoms with Crippen molar-refractivity contribution in [1.82, 2.24) is 38.7 Å². The first kappa shape index (κ1) is 59.3. The van der Waals surface area contributed by atoms with E-state index in [1.54, 1.807) is 0 Å². The van der Waals surface area contributed by atoms with E-state index in [0.29, 0.717) is 36.5 Å². The lowest BCUT2D eigenvalue weighted by molar-refractivity contribution is -0.134. The van der Waals surface area contributed by atoms with Crippen molar-refractivity contribution < 1.29 is 68.9 Å². The summed E-state index contributed by atoms with van der Waals surface area (Å²) >= 11 is 0. The van der Waals surface area contributed by atoms with Crippen molar-refractivity contribution in [3.05, 3.63) is 96.6 Å². The monoisotopic (exact) mass is 980 g/mol. The second-order valence-electron chi connectivity index (χ2n) is 15.2. The highest BCUT2D eigenvalue weighted by Crippen LogP contribution is 2.20. The molecule has 0 amide bonds. The highest BCUT2D eigenvalue weighted by Gasteiger charge is 2.20. The minimum Gasteiger partial charge on any atom is -0.478 e. The third-order valence-corrected chi connectivity index (χ3v) is 10.5. The van der Waals surface area contributed by atoms with Gasteiger partial charge in [-0.05, 0) is 51.2 Å². The Morgan fingerprint density at radius 2 is 0.729 bits per heavy atom. The molecule has 6 rings (SSSR count). The number of piperazine rings is 2. The van der Waals surface area contributed by atoms with E-state index in [-0.39, 0.29) is 0 Å². The van der Waals surface area contributed by atoms with Crippen LogP contribution in [-0.2, 0) is 64.4 Å². The number of carboxylic acids is 6. The largest absolute Gasteiger partial charge is 0.478 e. The van der Waals surface area contributed by atoms with E-state index in [0.717, 1.165) is 141 Å². The van der Waals surface area contributed by atoms with E-state index in [4.69, 9.17) is 50.1 Å². The number of benzene rings is 2. The minimum absolute atomic E-state index is 0.558. The number of fused-ring (bicyclic) bond motifs is 2. The summed E-state index contributed by atoms with van der Waals surface area (Å²) in [6.45, 7) is 26.6. The molecule has 6 N–H and O–H groups in total. The van der Waals surface area contributed by atoms with Crippen LogP contribution in [0.3, 0.4) is 0 Å². The average Bonchev–Trinajstić information content (AvgIpc) is 3.87. The van der Waals surface area contributed by atoms with Gasteiger partial charge < -0.3 is 59.0 Å². The summed E-state index contributed by atoms with van der Waals surface area (Å²) in [7, 11) is 0. The Labute approximate surface area is 406 Å². The number of aromatic nitrogens is 4. The Morgan fingerprint density at radius 3 is 0.986 bits per heavy atom. The zero-order valence-corrected chi connectivity index (χ0v) is 40.3. The van der Waals surface area contributed by atoms with Crippen LogP contribution < -0.4 is 0 Å². The molecule has 0 saturated carbocycles. The molecule has 0 radical (unpaired) electrons. The van der Waals surface area contributed by atoms with Crippen molar-refractivity contribution in [3.8, 4) is 0 Å². The number of imidazole rings is 2. The predicted octanol–water partition coefficient (Wildman–Crippen LogP) is 3.56. The molecule has 22 heteroatoms. The fourth-order valence-electron chi connectivity index (χ4n) is 6.95. The van der Waals surface area contributed by atoms with E-state index in [2.05, 4.69) is 91.1 Å². The molecule has 384 valence electrons. The Balaban J connectivity index is 0.000000332. The number of carbonyl (C=O) groups is 6. The second kappa shape index (κ2) is 33.6. The summed E-state index contributed by atoms with van der Waals surface area (Å²) in [6, 6.07) is 16.8. The number of hydrogen-bond donors (Lipinski definition) is 6. The fourth-order valence-corrected chi connectivity index (χ4v) is 6.95. The van der Waals surface area contributed by atoms with Gasteiger partial charge in [0.1, 0.15) is 11.6 Å². The van der Waals surface area contributed by atoms with Crippen LogP contribution in [-0.4, -0.2) is 197 Å². The van der Waals surface area contributed by atoms with Gasteiger partial charge >= 0.3 is 35.8 Å². The van der Waals surface area contributed by atoms with Crippen molar-refractivity contribution >= 4 is 57.9 Å². The Kier molecular flexibility index (Phi) is 28.5. The van der Waals surface area contributed by atoms with Crippen LogP contribution in [0.4, 0.5) is 0 Å². The van der Waals surface area contributed by atoms with Crippen molar-refractivity contribution in [2.24, 2.45) is 0 Å². The minimum atomic E-state index is -1.26. The van der Waals surface area contributed by atoms with Crippen LogP contribution in [0.5, 0.6) is 0 Å². The van der Waals surface area contributed by atoms with Gasteiger partial charge in [-0.2, -0.15) is 0 Å². The molecule has 0 bridgehead atoms. The summed E-state index contributed by atoms with van der Waals surface area (Å²) in [6.07, 6.45) is 3.35. The smallest absolute Gasteiger partial charge is 0.328 e. The van der Waals surface area contributed by atoms with Gasteiger partial charge in [-0.15, -0.1) is 0 Å². The maximum absolute atomic E-state index is 9.55. The normalized spacial score (nSPS) is 14.5. The third-order valence-electron chi connectivity index (χ3n) is 10.5. The summed E-state index contributed by atoms with van der Waals surface area (Å²) in [5.74, 6) is -5.22. The first-order valence-corrected chi connectivity index (χ1v) is 22.9. The molecule has 22 nitrogen and oxygen atoms in total. The van der Waals surface area contributed by atoms with Crippen molar-refractivity contribution in [3.63, 3.8) is 0 Å². The van der Waals surface area contributed by atoms with E-state index >= 15 is 0 Å². The zero-order valence-electron chi connectivity index (χ0n) is 40.3. The first-order chi connectivity index (χ1) is 33.5. The Bertz CT molecular complexity index is 2090. The quantitative estimate of drug-likeness (QED) is 0.0545. The topological polar surface area (TPSA) is 291 Å². The van der Waals surface area contributed by atoms with E-state index in [9.17, 15) is 28.8 Å². The lowest BCUT2D eigenvalue weighted by atomic mass is 10.3. The molecule has 2 aromatic heterocycles. The fraction of sp³-hybridized carbons (Fsp3) is 0.458. The summed E-state index contributed by atoms with van der Waals surface area (Å²) < 4.78 is 15.8. The SMILES string of the molecule is CCOCCn1c(CN2CCN(CC)CC2)nc2ccccc21.CCOCCn1c(CN2CCN(CC)CC2)nc2ccccc21.O=C(O)/C=C/C(=O)O.O=C(O)/C=C/C(=O)O.O=C(O)/C=C/C(=O)O. The van der Waals surface area contributed by atoms with Gasteiger partial charge in [0.15, 0.2) is 0 Å². The summed E-state index contributed by atoms with van der Waals surface area (Å²) in [5, 5.41) is 46.9. The molecular weight excluding hydrogens is 913 g/mol. The molecule has 0 atom stereocenters.